The van der Waals surface area contributed by atoms with Crippen LogP contribution in [0.5, 0.6) is 0 Å². The van der Waals surface area contributed by atoms with Gasteiger partial charge in [-0.15, -0.1) is 0 Å². The Morgan fingerprint density at radius 2 is 2.14 bits per heavy atom. The van der Waals surface area contributed by atoms with Crippen LogP contribution in [0.3, 0.4) is 0 Å². The van der Waals surface area contributed by atoms with Gasteiger partial charge in [-0.2, -0.15) is 0 Å². The third kappa shape index (κ3) is 2.83. The van der Waals surface area contributed by atoms with Gasteiger partial charge in [0.05, 0.1) is 18.3 Å². The number of hydrogen-bond acceptors (Lipinski definition) is 4. The predicted molar refractivity (Wildman–Crippen MR) is 84.5 cm³/mol. The van der Waals surface area contributed by atoms with Crippen molar-refractivity contribution in [3.05, 3.63) is 17.8 Å². The molecule has 0 spiro atoms. The molecule has 122 valence electrons. The number of likely N-dealkylation sites (tertiary alicyclic amines) is 1. The molecule has 0 bridgehead atoms. The van der Waals surface area contributed by atoms with Crippen LogP contribution in [0.15, 0.2) is 10.6 Å². The van der Waals surface area contributed by atoms with E-state index in [1.165, 1.54) is 38.5 Å². The van der Waals surface area contributed by atoms with Crippen LogP contribution < -0.4 is 0 Å². The molecule has 2 saturated carbocycles. The first-order valence-electron chi connectivity index (χ1n) is 9.04. The first-order valence-corrected chi connectivity index (χ1v) is 9.04. The number of oxazole rings is 1. The van der Waals surface area contributed by atoms with E-state index < -0.39 is 5.60 Å². The molecule has 1 aliphatic heterocycles. The molecule has 1 aromatic rings. The highest BCUT2D eigenvalue weighted by Crippen LogP contribution is 2.42. The Labute approximate surface area is 132 Å². The average Bonchev–Trinajstić information content (AvgIpc) is 3.07. The zero-order valence-corrected chi connectivity index (χ0v) is 13.6. The molecule has 22 heavy (non-hydrogen) atoms. The number of hydrogen-bond donors (Lipinski definition) is 1. The van der Waals surface area contributed by atoms with Crippen molar-refractivity contribution in [2.24, 2.45) is 5.92 Å². The second kappa shape index (κ2) is 5.64. The van der Waals surface area contributed by atoms with Crippen molar-refractivity contribution >= 4 is 0 Å². The van der Waals surface area contributed by atoms with E-state index in [-0.39, 0.29) is 0 Å². The van der Waals surface area contributed by atoms with E-state index in [1.807, 2.05) is 13.1 Å². The van der Waals surface area contributed by atoms with Crippen molar-refractivity contribution in [1.82, 2.24) is 9.88 Å². The minimum Gasteiger partial charge on any atom is -0.444 e. The molecule has 2 heterocycles. The first kappa shape index (κ1) is 14.7. The highest BCUT2D eigenvalue weighted by molar-refractivity contribution is 5.08. The Bertz CT molecular complexity index is 521. The molecule has 0 aromatic carbocycles. The summed E-state index contributed by atoms with van der Waals surface area (Å²) in [5, 5.41) is 10.8. The largest absolute Gasteiger partial charge is 0.444 e. The molecule has 4 heteroatoms. The van der Waals surface area contributed by atoms with Crippen molar-refractivity contribution in [2.45, 2.75) is 82.4 Å². The fraction of sp³-hybridized carbons (Fsp3) is 0.833. The Hall–Kier alpha value is -0.870. The van der Waals surface area contributed by atoms with Crippen LogP contribution in [0.2, 0.25) is 0 Å². The quantitative estimate of drug-likeness (QED) is 0.925. The van der Waals surface area contributed by atoms with Crippen LogP contribution in [-0.4, -0.2) is 33.2 Å². The van der Waals surface area contributed by atoms with Gasteiger partial charge < -0.3 is 9.52 Å². The summed E-state index contributed by atoms with van der Waals surface area (Å²) in [6.45, 7) is 3.96. The van der Waals surface area contributed by atoms with E-state index in [0.717, 1.165) is 37.6 Å². The Morgan fingerprint density at radius 3 is 2.91 bits per heavy atom. The fourth-order valence-electron chi connectivity index (χ4n) is 4.58. The van der Waals surface area contributed by atoms with E-state index in [0.29, 0.717) is 17.9 Å². The molecular formula is C18H28N2O2. The van der Waals surface area contributed by atoms with Crippen LogP contribution in [-0.2, 0) is 6.54 Å². The predicted octanol–water partition coefficient (Wildman–Crippen LogP) is 3.46. The molecule has 1 N–H and O–H groups in total. The second-order valence-corrected chi connectivity index (χ2v) is 7.82. The molecule has 3 aliphatic rings. The molecule has 0 amide bonds. The Morgan fingerprint density at radius 1 is 1.27 bits per heavy atom. The molecule has 4 nitrogen and oxygen atoms in total. The van der Waals surface area contributed by atoms with Gasteiger partial charge in [0.2, 0.25) is 5.89 Å². The monoisotopic (exact) mass is 304 g/mol. The molecule has 2 aliphatic carbocycles. The van der Waals surface area contributed by atoms with E-state index in [2.05, 4.69) is 9.88 Å². The summed E-state index contributed by atoms with van der Waals surface area (Å²) in [4.78, 5) is 6.99. The summed E-state index contributed by atoms with van der Waals surface area (Å²) in [5.74, 6) is 2.98. The van der Waals surface area contributed by atoms with Crippen molar-refractivity contribution in [2.75, 3.05) is 6.54 Å². The minimum absolute atomic E-state index is 0.404. The third-order valence-electron chi connectivity index (χ3n) is 6.02. The van der Waals surface area contributed by atoms with Gasteiger partial charge in [-0.05, 0) is 52.0 Å². The van der Waals surface area contributed by atoms with Crippen LogP contribution >= 0.6 is 0 Å². The van der Waals surface area contributed by atoms with Gasteiger partial charge in [0.25, 0.3) is 0 Å². The van der Waals surface area contributed by atoms with E-state index in [9.17, 15) is 5.11 Å². The zero-order chi connectivity index (χ0) is 15.2. The molecular weight excluding hydrogens is 276 g/mol. The SMILES string of the molecule is C[C@]1(O)CCCC[C@H]1[C@@H]1CCCN1Cc1ncc(C2CC2)o1. The molecule has 4 rings (SSSR count). The van der Waals surface area contributed by atoms with Crippen LogP contribution in [0.4, 0.5) is 0 Å². The number of aliphatic hydroxyl groups is 1. The number of nitrogens with zero attached hydrogens (tertiary/aromatic N) is 2. The van der Waals surface area contributed by atoms with Gasteiger partial charge in [0.15, 0.2) is 0 Å². The summed E-state index contributed by atoms with van der Waals surface area (Å²) in [7, 11) is 0. The molecule has 0 unspecified atom stereocenters. The summed E-state index contributed by atoms with van der Waals surface area (Å²) < 4.78 is 5.94. The first-order chi connectivity index (χ1) is 10.6. The van der Waals surface area contributed by atoms with Crippen molar-refractivity contribution in [3.8, 4) is 0 Å². The summed E-state index contributed by atoms with van der Waals surface area (Å²) >= 11 is 0. The molecule has 1 saturated heterocycles. The topological polar surface area (TPSA) is 49.5 Å². The van der Waals surface area contributed by atoms with Gasteiger partial charge >= 0.3 is 0 Å². The van der Waals surface area contributed by atoms with Crippen molar-refractivity contribution in [1.29, 1.82) is 0 Å². The lowest BCUT2D eigenvalue weighted by atomic mass is 9.72. The number of aromatic nitrogens is 1. The van der Waals surface area contributed by atoms with Crippen molar-refractivity contribution < 1.29 is 9.52 Å². The minimum atomic E-state index is -0.499. The fourth-order valence-corrected chi connectivity index (χ4v) is 4.58. The summed E-state index contributed by atoms with van der Waals surface area (Å²) in [6, 6.07) is 0.492. The molecule has 1 aromatic heterocycles. The molecule has 0 radical (unpaired) electrons. The van der Waals surface area contributed by atoms with E-state index in [4.69, 9.17) is 4.42 Å². The molecule has 3 atom stereocenters. The Kier molecular flexibility index (Phi) is 3.77. The lowest BCUT2D eigenvalue weighted by Crippen LogP contribution is -2.48. The van der Waals surface area contributed by atoms with Gasteiger partial charge in [-0.3, -0.25) is 4.90 Å². The number of rotatable bonds is 4. The van der Waals surface area contributed by atoms with Crippen LogP contribution in [0.25, 0.3) is 0 Å². The molecule has 3 fully saturated rings. The lowest BCUT2D eigenvalue weighted by Gasteiger charge is -2.43. The van der Waals surface area contributed by atoms with Gasteiger partial charge in [0, 0.05) is 17.9 Å². The van der Waals surface area contributed by atoms with Gasteiger partial charge in [-0.1, -0.05) is 12.8 Å². The Balaban J connectivity index is 1.45. The standard InChI is InChI=1S/C18H28N2O2/c1-18(21)9-3-2-5-14(18)15-6-4-10-20(15)12-17-19-11-16(22-17)13-7-8-13/h11,13-15,21H,2-10,12H2,1H3/t14-,15-,18-/m0/s1. The second-order valence-electron chi connectivity index (χ2n) is 7.82. The summed E-state index contributed by atoms with van der Waals surface area (Å²) in [6.07, 6.45) is 11.4. The van der Waals surface area contributed by atoms with E-state index in [1.54, 1.807) is 0 Å². The summed E-state index contributed by atoms with van der Waals surface area (Å²) in [5.41, 5.74) is -0.499. The average molecular weight is 304 g/mol. The highest BCUT2D eigenvalue weighted by Gasteiger charge is 2.43. The maximum atomic E-state index is 10.8. The normalized spacial score (nSPS) is 36.8. The van der Waals surface area contributed by atoms with Crippen LogP contribution in [0, 0.1) is 5.92 Å². The van der Waals surface area contributed by atoms with Gasteiger partial charge in [-0.25, -0.2) is 4.98 Å². The maximum absolute atomic E-state index is 10.8. The zero-order valence-electron chi connectivity index (χ0n) is 13.6. The van der Waals surface area contributed by atoms with Gasteiger partial charge in [0.1, 0.15) is 5.76 Å². The maximum Gasteiger partial charge on any atom is 0.208 e. The third-order valence-corrected chi connectivity index (χ3v) is 6.02. The van der Waals surface area contributed by atoms with E-state index >= 15 is 0 Å². The van der Waals surface area contributed by atoms with Crippen LogP contribution in [0.1, 0.15) is 75.9 Å². The van der Waals surface area contributed by atoms with Crippen molar-refractivity contribution in [3.63, 3.8) is 0 Å². The smallest absolute Gasteiger partial charge is 0.208 e. The highest BCUT2D eigenvalue weighted by atomic mass is 16.4. The lowest BCUT2D eigenvalue weighted by molar-refractivity contribution is -0.0636.